The fourth-order valence-corrected chi connectivity index (χ4v) is 3.39. The standard InChI is InChI=1S/C17H25NO2/c1-13(2)15(14-9-5-4-6-10-14)18-12-8-7-11-17(18,3)16(19)20/h4-6,9-10,13,15H,7-8,11-12H2,1-3H3,(H,19,20). The molecule has 0 saturated carbocycles. The van der Waals surface area contributed by atoms with Crippen LogP contribution in [0.5, 0.6) is 0 Å². The fraction of sp³-hybridized carbons (Fsp3) is 0.588. The van der Waals surface area contributed by atoms with Crippen molar-refractivity contribution < 1.29 is 9.90 Å². The van der Waals surface area contributed by atoms with E-state index in [2.05, 4.69) is 30.9 Å². The third-order valence-corrected chi connectivity index (χ3v) is 4.52. The molecule has 3 nitrogen and oxygen atoms in total. The molecule has 0 radical (unpaired) electrons. The van der Waals surface area contributed by atoms with Gasteiger partial charge < -0.3 is 5.11 Å². The number of likely N-dealkylation sites (tertiary alicyclic amines) is 1. The quantitative estimate of drug-likeness (QED) is 0.910. The third kappa shape index (κ3) is 2.73. The van der Waals surface area contributed by atoms with Crippen LogP contribution in [0.25, 0.3) is 0 Å². The number of benzene rings is 1. The van der Waals surface area contributed by atoms with Crippen LogP contribution in [0.1, 0.15) is 51.6 Å². The van der Waals surface area contributed by atoms with E-state index in [0.29, 0.717) is 5.92 Å². The van der Waals surface area contributed by atoms with Gasteiger partial charge in [-0.05, 0) is 44.2 Å². The first kappa shape index (κ1) is 15.0. The Labute approximate surface area is 121 Å². The lowest BCUT2D eigenvalue weighted by atomic mass is 9.83. The molecule has 2 atom stereocenters. The zero-order valence-electron chi connectivity index (χ0n) is 12.7. The molecule has 1 heterocycles. The Hall–Kier alpha value is -1.35. The molecular weight excluding hydrogens is 250 g/mol. The third-order valence-electron chi connectivity index (χ3n) is 4.52. The summed E-state index contributed by atoms with van der Waals surface area (Å²) in [5.74, 6) is -0.312. The molecule has 3 heteroatoms. The Kier molecular flexibility index (Phi) is 4.48. The number of carbonyl (C=O) groups is 1. The molecule has 2 unspecified atom stereocenters. The van der Waals surface area contributed by atoms with Crippen molar-refractivity contribution in [1.82, 2.24) is 4.90 Å². The molecule has 1 aliphatic rings. The van der Waals surface area contributed by atoms with E-state index >= 15 is 0 Å². The van der Waals surface area contributed by atoms with Gasteiger partial charge in [-0.3, -0.25) is 9.69 Å². The highest BCUT2D eigenvalue weighted by Crippen LogP contribution is 2.39. The van der Waals surface area contributed by atoms with Gasteiger partial charge in [0.25, 0.3) is 0 Å². The van der Waals surface area contributed by atoms with Crippen molar-refractivity contribution in [2.24, 2.45) is 5.92 Å². The van der Waals surface area contributed by atoms with Crippen molar-refractivity contribution in [2.45, 2.75) is 51.6 Å². The van der Waals surface area contributed by atoms with Crippen LogP contribution in [0, 0.1) is 5.92 Å². The molecule has 1 aromatic carbocycles. The maximum Gasteiger partial charge on any atom is 0.323 e. The monoisotopic (exact) mass is 275 g/mol. The topological polar surface area (TPSA) is 40.5 Å². The lowest BCUT2D eigenvalue weighted by Gasteiger charge is -2.47. The van der Waals surface area contributed by atoms with Crippen LogP contribution in [0.2, 0.25) is 0 Å². The molecule has 0 amide bonds. The first-order valence-corrected chi connectivity index (χ1v) is 7.52. The predicted octanol–water partition coefficient (Wildman–Crippen LogP) is 3.71. The molecule has 1 fully saturated rings. The normalized spacial score (nSPS) is 25.6. The predicted molar refractivity (Wildman–Crippen MR) is 80.6 cm³/mol. The molecule has 0 spiro atoms. The largest absolute Gasteiger partial charge is 0.480 e. The minimum Gasteiger partial charge on any atom is -0.480 e. The van der Waals surface area contributed by atoms with Gasteiger partial charge >= 0.3 is 5.97 Å². The van der Waals surface area contributed by atoms with E-state index in [9.17, 15) is 9.90 Å². The van der Waals surface area contributed by atoms with Gasteiger partial charge in [0, 0.05) is 6.04 Å². The van der Waals surface area contributed by atoms with Crippen molar-refractivity contribution in [3.05, 3.63) is 35.9 Å². The van der Waals surface area contributed by atoms with Crippen LogP contribution in [0.15, 0.2) is 30.3 Å². The summed E-state index contributed by atoms with van der Waals surface area (Å²) in [4.78, 5) is 14.0. The second-order valence-electron chi connectivity index (χ2n) is 6.33. The summed E-state index contributed by atoms with van der Waals surface area (Å²) in [6.07, 6.45) is 2.82. The van der Waals surface area contributed by atoms with Gasteiger partial charge in [-0.1, -0.05) is 44.2 Å². The molecule has 1 saturated heterocycles. The Morgan fingerprint density at radius 1 is 1.25 bits per heavy atom. The first-order chi connectivity index (χ1) is 9.47. The van der Waals surface area contributed by atoms with Crippen LogP contribution < -0.4 is 0 Å². The van der Waals surface area contributed by atoms with Gasteiger partial charge in [0.2, 0.25) is 0 Å². The van der Waals surface area contributed by atoms with Crippen molar-refractivity contribution in [2.75, 3.05) is 6.54 Å². The second-order valence-corrected chi connectivity index (χ2v) is 6.33. The molecule has 1 aliphatic heterocycles. The van der Waals surface area contributed by atoms with Gasteiger partial charge in [-0.25, -0.2) is 0 Å². The average Bonchev–Trinajstić information content (AvgIpc) is 2.42. The van der Waals surface area contributed by atoms with E-state index in [4.69, 9.17) is 0 Å². The smallest absolute Gasteiger partial charge is 0.323 e. The maximum absolute atomic E-state index is 11.8. The Bertz CT molecular complexity index is 457. The first-order valence-electron chi connectivity index (χ1n) is 7.52. The second kappa shape index (κ2) is 5.96. The van der Waals surface area contributed by atoms with E-state index in [1.807, 2.05) is 25.1 Å². The van der Waals surface area contributed by atoms with E-state index in [1.54, 1.807) is 0 Å². The molecule has 1 aromatic rings. The molecule has 0 bridgehead atoms. The van der Waals surface area contributed by atoms with Crippen molar-refractivity contribution >= 4 is 5.97 Å². The van der Waals surface area contributed by atoms with E-state index in [0.717, 1.165) is 25.8 Å². The Balaban J connectivity index is 2.39. The van der Waals surface area contributed by atoms with Crippen molar-refractivity contribution in [3.63, 3.8) is 0 Å². The van der Waals surface area contributed by atoms with Crippen LogP contribution in [-0.2, 0) is 4.79 Å². The number of rotatable bonds is 4. The number of carboxylic acids is 1. The molecule has 0 aliphatic carbocycles. The summed E-state index contributed by atoms with van der Waals surface area (Å²) >= 11 is 0. The van der Waals surface area contributed by atoms with Gasteiger partial charge in [0.1, 0.15) is 5.54 Å². The van der Waals surface area contributed by atoms with Crippen molar-refractivity contribution in [1.29, 1.82) is 0 Å². The minimum atomic E-state index is -0.747. The number of nitrogens with zero attached hydrogens (tertiary/aromatic N) is 1. The van der Waals surface area contributed by atoms with E-state index in [-0.39, 0.29) is 6.04 Å². The molecule has 20 heavy (non-hydrogen) atoms. The summed E-state index contributed by atoms with van der Waals surface area (Å²) in [7, 11) is 0. The summed E-state index contributed by atoms with van der Waals surface area (Å²) in [6.45, 7) is 7.09. The molecule has 1 N–H and O–H groups in total. The molecule has 0 aromatic heterocycles. The zero-order chi connectivity index (χ0) is 14.8. The highest BCUT2D eigenvalue weighted by atomic mass is 16.4. The SMILES string of the molecule is CC(C)C(c1ccccc1)N1CCCCC1(C)C(=O)O. The number of piperidine rings is 1. The number of aliphatic carboxylic acids is 1. The highest BCUT2D eigenvalue weighted by Gasteiger charge is 2.45. The Morgan fingerprint density at radius 3 is 2.45 bits per heavy atom. The minimum absolute atomic E-state index is 0.164. The summed E-state index contributed by atoms with van der Waals surface area (Å²) in [5.41, 5.74) is 0.472. The lowest BCUT2D eigenvalue weighted by Crippen LogP contribution is -2.57. The number of carboxylic acid groups (broad SMARTS) is 1. The van der Waals surface area contributed by atoms with Gasteiger partial charge in [0.05, 0.1) is 0 Å². The molecule has 110 valence electrons. The highest BCUT2D eigenvalue weighted by molar-refractivity contribution is 5.78. The van der Waals surface area contributed by atoms with E-state index in [1.165, 1.54) is 5.56 Å². The lowest BCUT2D eigenvalue weighted by molar-refractivity contribution is -0.156. The van der Waals surface area contributed by atoms with Gasteiger partial charge in [0.15, 0.2) is 0 Å². The van der Waals surface area contributed by atoms with Crippen LogP contribution in [-0.4, -0.2) is 28.1 Å². The van der Waals surface area contributed by atoms with Crippen LogP contribution in [0.3, 0.4) is 0 Å². The molecular formula is C17H25NO2. The van der Waals surface area contributed by atoms with Gasteiger partial charge in [-0.15, -0.1) is 0 Å². The number of hydrogen-bond acceptors (Lipinski definition) is 2. The van der Waals surface area contributed by atoms with Gasteiger partial charge in [-0.2, -0.15) is 0 Å². The van der Waals surface area contributed by atoms with Crippen molar-refractivity contribution in [3.8, 4) is 0 Å². The summed E-state index contributed by atoms with van der Waals surface area (Å²) < 4.78 is 0. The number of hydrogen-bond donors (Lipinski definition) is 1. The zero-order valence-corrected chi connectivity index (χ0v) is 12.7. The van der Waals surface area contributed by atoms with Crippen LogP contribution >= 0.6 is 0 Å². The average molecular weight is 275 g/mol. The fourth-order valence-electron chi connectivity index (χ4n) is 3.39. The maximum atomic E-state index is 11.8. The van der Waals surface area contributed by atoms with E-state index < -0.39 is 11.5 Å². The summed E-state index contributed by atoms with van der Waals surface area (Å²) in [6, 6.07) is 10.5. The summed E-state index contributed by atoms with van der Waals surface area (Å²) in [5, 5.41) is 9.70. The van der Waals surface area contributed by atoms with Crippen LogP contribution in [0.4, 0.5) is 0 Å². The molecule has 2 rings (SSSR count). The Morgan fingerprint density at radius 2 is 1.90 bits per heavy atom.